The van der Waals surface area contributed by atoms with Gasteiger partial charge < -0.3 is 15.6 Å². The molecule has 28 heavy (non-hydrogen) atoms. The van der Waals surface area contributed by atoms with Gasteiger partial charge in [-0.25, -0.2) is 14.4 Å². The first-order valence-electron chi connectivity index (χ1n) is 8.40. The summed E-state index contributed by atoms with van der Waals surface area (Å²) in [6, 6.07) is 12.0. The highest BCUT2D eigenvalue weighted by Gasteiger charge is 2.60. The number of carbonyl (C=O) groups is 3. The van der Waals surface area contributed by atoms with Gasteiger partial charge in [-0.2, -0.15) is 4.48 Å². The van der Waals surface area contributed by atoms with Crippen LogP contribution in [0, 0.1) is 0 Å². The number of carboxylic acid groups (broad SMARTS) is 1. The summed E-state index contributed by atoms with van der Waals surface area (Å²) in [6.07, 6.45) is 0. The highest BCUT2D eigenvalue weighted by molar-refractivity contribution is 6.30. The number of amides is 4. The third kappa shape index (κ3) is 3.64. The van der Waals surface area contributed by atoms with Crippen LogP contribution < -0.4 is 15.8 Å². The molecule has 1 aliphatic rings. The summed E-state index contributed by atoms with van der Waals surface area (Å²) in [5.74, 6) is -0.0688. The summed E-state index contributed by atoms with van der Waals surface area (Å²) >= 11 is 5.84. The molecule has 0 saturated carbocycles. The van der Waals surface area contributed by atoms with E-state index in [-0.39, 0.29) is 13.1 Å². The van der Waals surface area contributed by atoms with E-state index in [0.717, 1.165) is 0 Å². The van der Waals surface area contributed by atoms with E-state index < -0.39 is 28.1 Å². The van der Waals surface area contributed by atoms with Gasteiger partial charge in [0, 0.05) is 10.6 Å². The van der Waals surface area contributed by atoms with Crippen LogP contribution in [-0.2, 0) is 11.3 Å². The minimum atomic E-state index is -1.57. The zero-order valence-electron chi connectivity index (χ0n) is 15.0. The molecule has 4 N–H and O–H groups in total. The lowest BCUT2D eigenvalue weighted by atomic mass is 10.0. The third-order valence-corrected chi connectivity index (χ3v) is 4.93. The molecule has 146 valence electrons. The first-order chi connectivity index (χ1) is 13.1. The van der Waals surface area contributed by atoms with E-state index in [2.05, 4.69) is 5.32 Å². The maximum atomic E-state index is 12.5. The van der Waals surface area contributed by atoms with E-state index in [4.69, 9.17) is 22.1 Å². The molecule has 0 spiro atoms. The van der Waals surface area contributed by atoms with Crippen molar-refractivity contribution in [2.45, 2.75) is 19.0 Å². The molecule has 2 atom stereocenters. The number of benzene rings is 2. The van der Waals surface area contributed by atoms with Crippen LogP contribution in [0.5, 0.6) is 11.5 Å². The van der Waals surface area contributed by atoms with Gasteiger partial charge in [-0.05, 0) is 55.5 Å². The number of hydrogen-bond acceptors (Lipinski definition) is 4. The Kier molecular flexibility index (Phi) is 5.01. The van der Waals surface area contributed by atoms with Crippen molar-refractivity contribution in [2.24, 2.45) is 5.73 Å². The van der Waals surface area contributed by atoms with Crippen LogP contribution in [0.1, 0.15) is 12.5 Å². The number of ether oxygens (including phenoxy) is 1. The van der Waals surface area contributed by atoms with Gasteiger partial charge in [-0.15, -0.1) is 0 Å². The third-order valence-electron chi connectivity index (χ3n) is 4.68. The molecule has 1 saturated heterocycles. The first kappa shape index (κ1) is 19.7. The Morgan fingerprint density at radius 1 is 1.18 bits per heavy atom. The van der Waals surface area contributed by atoms with Gasteiger partial charge in [-0.3, -0.25) is 5.32 Å². The van der Waals surface area contributed by atoms with Crippen LogP contribution in [0.2, 0.25) is 5.02 Å². The predicted molar refractivity (Wildman–Crippen MR) is 101 cm³/mol. The highest BCUT2D eigenvalue weighted by Crippen LogP contribution is 2.29. The summed E-state index contributed by atoms with van der Waals surface area (Å²) in [7, 11) is 0. The van der Waals surface area contributed by atoms with Gasteiger partial charge in [-0.1, -0.05) is 11.6 Å². The Bertz CT molecular complexity index is 932. The predicted octanol–water partition coefficient (Wildman–Crippen LogP) is 3.09. The Labute approximate surface area is 166 Å². The highest BCUT2D eigenvalue weighted by atomic mass is 35.5. The zero-order chi connectivity index (χ0) is 20.5. The van der Waals surface area contributed by atoms with Crippen LogP contribution in [0.3, 0.4) is 0 Å². The van der Waals surface area contributed by atoms with Crippen molar-refractivity contribution in [1.82, 2.24) is 5.32 Å². The van der Waals surface area contributed by atoms with Crippen molar-refractivity contribution in [3.05, 3.63) is 59.1 Å². The largest absolute Gasteiger partial charge is 0.479 e. The zero-order valence-corrected chi connectivity index (χ0v) is 15.8. The van der Waals surface area contributed by atoms with Crippen LogP contribution in [0.4, 0.5) is 9.59 Å². The van der Waals surface area contributed by atoms with Crippen LogP contribution in [-0.4, -0.2) is 39.7 Å². The van der Waals surface area contributed by atoms with Crippen LogP contribution >= 0.6 is 11.6 Å². The molecule has 1 aliphatic heterocycles. The fourth-order valence-corrected chi connectivity index (χ4v) is 3.24. The second-order valence-corrected chi connectivity index (χ2v) is 7.33. The number of carbonyl (C=O) groups excluding carboxylic acids is 2. The van der Waals surface area contributed by atoms with Gasteiger partial charge in [0.25, 0.3) is 0 Å². The quantitative estimate of drug-likeness (QED) is 0.661. The van der Waals surface area contributed by atoms with Gasteiger partial charge >= 0.3 is 18.0 Å². The van der Waals surface area contributed by atoms with E-state index in [1.165, 1.54) is 6.92 Å². The monoisotopic (exact) mass is 404 g/mol. The molecule has 0 aliphatic carbocycles. The number of carboxylic acids is 1. The summed E-state index contributed by atoms with van der Waals surface area (Å²) < 4.78 is 4.88. The Hall–Kier alpha value is -3.10. The Morgan fingerprint density at radius 3 is 2.18 bits per heavy atom. The van der Waals surface area contributed by atoms with Gasteiger partial charge in [0.2, 0.25) is 0 Å². The minimum absolute atomic E-state index is 0.0642. The standard InChI is InChI=1S/C19H18ClN3O5/c1-19(16(24)25)11-23(17(21)26,18(27)22-19)10-12-2-6-14(7-3-12)28-15-8-4-13(20)5-9-15/h2-9H,10-11H2,1H3,(H3-,21,22,24,25,26,27)/p+1. The van der Waals surface area contributed by atoms with Crippen molar-refractivity contribution in [3.8, 4) is 11.5 Å². The normalized spacial score (nSPS) is 23.9. The lowest BCUT2D eigenvalue weighted by Crippen LogP contribution is -2.57. The lowest BCUT2D eigenvalue weighted by molar-refractivity contribution is -0.773. The number of aliphatic carboxylic acids is 1. The lowest BCUT2D eigenvalue weighted by Gasteiger charge is -2.26. The van der Waals surface area contributed by atoms with Crippen molar-refractivity contribution in [3.63, 3.8) is 0 Å². The van der Waals surface area contributed by atoms with Crippen molar-refractivity contribution in [2.75, 3.05) is 6.54 Å². The molecule has 4 amide bonds. The van der Waals surface area contributed by atoms with Gasteiger partial charge in [0.1, 0.15) is 24.6 Å². The van der Waals surface area contributed by atoms with Gasteiger partial charge in [0.15, 0.2) is 5.54 Å². The van der Waals surface area contributed by atoms with E-state index in [0.29, 0.717) is 22.1 Å². The number of primary amides is 1. The average Bonchev–Trinajstić information content (AvgIpc) is 2.91. The smallest absolute Gasteiger partial charge is 0.427 e. The maximum Gasteiger partial charge on any atom is 0.427 e. The van der Waals surface area contributed by atoms with E-state index >= 15 is 0 Å². The molecule has 3 rings (SSSR count). The SMILES string of the molecule is CC1(C(=O)O)C[N+](Cc2ccc(Oc3ccc(Cl)cc3)cc2)(C(N)=O)C(=O)N1. The molecule has 8 nitrogen and oxygen atoms in total. The molecule has 2 aromatic carbocycles. The summed E-state index contributed by atoms with van der Waals surface area (Å²) in [5.41, 5.74) is 4.55. The molecule has 1 fully saturated rings. The summed E-state index contributed by atoms with van der Waals surface area (Å²) in [5, 5.41) is 12.3. The number of imide groups is 1. The number of nitrogens with zero attached hydrogens (tertiary/aromatic N) is 1. The molecular formula is C19H19ClN3O5+. The number of rotatable bonds is 5. The number of nitrogens with two attached hydrogens (primary N) is 1. The van der Waals surface area contributed by atoms with E-state index in [1.54, 1.807) is 48.5 Å². The molecule has 2 unspecified atom stereocenters. The fraction of sp³-hybridized carbons (Fsp3) is 0.211. The van der Waals surface area contributed by atoms with E-state index in [9.17, 15) is 19.5 Å². The Balaban J connectivity index is 1.79. The molecule has 2 aromatic rings. The second kappa shape index (κ2) is 7.14. The number of quaternary nitrogens is 1. The van der Waals surface area contributed by atoms with Gasteiger partial charge in [0.05, 0.1) is 0 Å². The van der Waals surface area contributed by atoms with Crippen LogP contribution in [0.25, 0.3) is 0 Å². The summed E-state index contributed by atoms with van der Waals surface area (Å²) in [6.45, 7) is 1.00. The minimum Gasteiger partial charge on any atom is -0.479 e. The molecule has 0 radical (unpaired) electrons. The second-order valence-electron chi connectivity index (χ2n) is 6.89. The van der Waals surface area contributed by atoms with Crippen molar-refractivity contribution >= 4 is 29.6 Å². The van der Waals surface area contributed by atoms with Crippen LogP contribution in [0.15, 0.2) is 48.5 Å². The van der Waals surface area contributed by atoms with Crippen molar-refractivity contribution < 1.29 is 28.7 Å². The molecule has 0 bridgehead atoms. The number of urea groups is 2. The molecular weight excluding hydrogens is 386 g/mol. The first-order valence-corrected chi connectivity index (χ1v) is 8.78. The van der Waals surface area contributed by atoms with E-state index in [1.807, 2.05) is 0 Å². The molecule has 1 heterocycles. The number of halogens is 1. The summed E-state index contributed by atoms with van der Waals surface area (Å²) in [4.78, 5) is 36.0. The fourth-order valence-electron chi connectivity index (χ4n) is 3.11. The Morgan fingerprint density at radius 2 is 1.71 bits per heavy atom. The van der Waals surface area contributed by atoms with Crippen molar-refractivity contribution in [1.29, 1.82) is 0 Å². The molecule has 9 heteroatoms. The maximum absolute atomic E-state index is 12.5. The average molecular weight is 405 g/mol. The number of nitrogens with one attached hydrogen (secondary N) is 1. The number of hydrogen-bond donors (Lipinski definition) is 3. The molecule has 0 aromatic heterocycles. The topological polar surface area (TPSA) is 119 Å².